The first kappa shape index (κ1) is 17.4. The van der Waals surface area contributed by atoms with E-state index in [0.29, 0.717) is 43.2 Å². The molecule has 0 unspecified atom stereocenters. The van der Waals surface area contributed by atoms with Crippen LogP contribution in [0.3, 0.4) is 0 Å². The summed E-state index contributed by atoms with van der Waals surface area (Å²) in [5.41, 5.74) is 9.85. The lowest BCUT2D eigenvalue weighted by molar-refractivity contribution is 0.1000. The molecule has 1 amide bonds. The Hall–Kier alpha value is -2.47. The van der Waals surface area contributed by atoms with E-state index in [4.69, 9.17) is 15.2 Å². The molecule has 0 bridgehead atoms. The molecule has 2 aromatic rings. The summed E-state index contributed by atoms with van der Waals surface area (Å²) in [7, 11) is 0. The van der Waals surface area contributed by atoms with Crippen molar-refractivity contribution in [1.29, 1.82) is 0 Å². The van der Waals surface area contributed by atoms with Gasteiger partial charge in [-0.3, -0.25) is 4.79 Å². The van der Waals surface area contributed by atoms with Gasteiger partial charge in [-0.1, -0.05) is 13.0 Å². The fraction of sp³-hybridized carbons (Fsp3) is 0.421. The number of aliphatic hydroxyl groups excluding tert-OH is 1. The molecule has 0 spiro atoms. The van der Waals surface area contributed by atoms with Crippen LogP contribution in [0.15, 0.2) is 18.2 Å². The van der Waals surface area contributed by atoms with E-state index in [2.05, 4.69) is 11.5 Å². The van der Waals surface area contributed by atoms with Gasteiger partial charge in [0.25, 0.3) is 5.91 Å². The molecule has 0 saturated heterocycles. The summed E-state index contributed by atoms with van der Waals surface area (Å²) in [5.74, 6) is 0.951. The quantitative estimate of drug-likeness (QED) is 0.842. The third kappa shape index (κ3) is 3.09. The van der Waals surface area contributed by atoms with Gasteiger partial charge < -0.3 is 24.9 Å². The monoisotopic (exact) mass is 344 g/mol. The summed E-state index contributed by atoms with van der Waals surface area (Å²) >= 11 is 0. The van der Waals surface area contributed by atoms with Gasteiger partial charge in [-0.05, 0) is 37.5 Å². The summed E-state index contributed by atoms with van der Waals surface area (Å²) in [6, 6.07) is 5.71. The average Bonchev–Trinajstić information content (AvgIpc) is 2.91. The van der Waals surface area contributed by atoms with Crippen molar-refractivity contribution in [3.63, 3.8) is 0 Å². The minimum atomic E-state index is -0.445. The molecule has 6 nitrogen and oxygen atoms in total. The molecule has 3 N–H and O–H groups in total. The van der Waals surface area contributed by atoms with Crippen molar-refractivity contribution in [1.82, 2.24) is 4.57 Å². The van der Waals surface area contributed by atoms with Gasteiger partial charge in [0.15, 0.2) is 11.5 Å². The smallest absolute Gasteiger partial charge is 0.251 e. The molecule has 0 aliphatic carbocycles. The number of benzene rings is 1. The van der Waals surface area contributed by atoms with Crippen LogP contribution in [0.1, 0.15) is 35.1 Å². The van der Waals surface area contributed by atoms with Gasteiger partial charge in [0.1, 0.15) is 13.2 Å². The Bertz CT molecular complexity index is 795. The predicted octanol–water partition coefficient (Wildman–Crippen LogP) is 2.28. The number of rotatable bonds is 6. The van der Waals surface area contributed by atoms with Crippen LogP contribution in [0.2, 0.25) is 0 Å². The Morgan fingerprint density at radius 3 is 2.64 bits per heavy atom. The van der Waals surface area contributed by atoms with Gasteiger partial charge >= 0.3 is 0 Å². The van der Waals surface area contributed by atoms with Crippen LogP contribution in [-0.2, 0) is 13.0 Å². The van der Waals surface area contributed by atoms with E-state index in [0.717, 1.165) is 28.9 Å². The predicted molar refractivity (Wildman–Crippen MR) is 95.2 cm³/mol. The van der Waals surface area contributed by atoms with Gasteiger partial charge in [-0.15, -0.1) is 0 Å². The zero-order valence-corrected chi connectivity index (χ0v) is 14.7. The maximum atomic E-state index is 12.2. The van der Waals surface area contributed by atoms with Crippen LogP contribution in [0.25, 0.3) is 11.1 Å². The summed E-state index contributed by atoms with van der Waals surface area (Å²) in [6.07, 6.45) is 1.38. The van der Waals surface area contributed by atoms with Crippen LogP contribution in [-0.4, -0.2) is 35.4 Å². The molecule has 1 aliphatic heterocycles. The molecule has 0 fully saturated rings. The molecular formula is C19H24N2O4. The van der Waals surface area contributed by atoms with E-state index in [1.54, 1.807) is 0 Å². The molecule has 134 valence electrons. The van der Waals surface area contributed by atoms with E-state index in [9.17, 15) is 9.90 Å². The Balaban J connectivity index is 2.18. The second kappa shape index (κ2) is 7.19. The summed E-state index contributed by atoms with van der Waals surface area (Å²) in [6.45, 7) is 5.75. The van der Waals surface area contributed by atoms with E-state index in [-0.39, 0.29) is 6.61 Å². The molecule has 1 aromatic carbocycles. The number of hydrogen-bond donors (Lipinski definition) is 2. The highest BCUT2D eigenvalue weighted by Crippen LogP contribution is 2.39. The van der Waals surface area contributed by atoms with Gasteiger partial charge in [-0.2, -0.15) is 0 Å². The van der Waals surface area contributed by atoms with Crippen molar-refractivity contribution < 1.29 is 19.4 Å². The molecule has 25 heavy (non-hydrogen) atoms. The van der Waals surface area contributed by atoms with E-state index in [1.807, 2.05) is 25.1 Å². The van der Waals surface area contributed by atoms with Crippen LogP contribution in [0.5, 0.6) is 11.5 Å². The number of fused-ring (bicyclic) bond motifs is 1. The van der Waals surface area contributed by atoms with Gasteiger partial charge in [-0.25, -0.2) is 0 Å². The molecule has 3 rings (SSSR count). The highest BCUT2D eigenvalue weighted by Gasteiger charge is 2.25. The van der Waals surface area contributed by atoms with Crippen LogP contribution in [0.4, 0.5) is 0 Å². The first-order chi connectivity index (χ1) is 12.1. The van der Waals surface area contributed by atoms with E-state index < -0.39 is 5.91 Å². The number of amides is 1. The van der Waals surface area contributed by atoms with Crippen LogP contribution in [0, 0.1) is 6.92 Å². The third-order valence-electron chi connectivity index (χ3n) is 4.58. The molecule has 1 aromatic heterocycles. The Morgan fingerprint density at radius 2 is 2.00 bits per heavy atom. The summed E-state index contributed by atoms with van der Waals surface area (Å²) in [4.78, 5) is 12.2. The highest BCUT2D eigenvalue weighted by molar-refractivity contribution is 6.02. The number of carbonyl (C=O) groups excluding carboxylic acids is 1. The minimum Gasteiger partial charge on any atom is -0.486 e. The normalized spacial score (nSPS) is 13.1. The standard InChI is InChI=1S/C19H24N2O4/c1-3-14-18(13-5-6-15-16(11-13)25-10-9-24-15)17(19(20)23)12(2)21(14)7-4-8-22/h5-6,11,22H,3-4,7-10H2,1-2H3,(H2,20,23). The zero-order chi connectivity index (χ0) is 18.0. The van der Waals surface area contributed by atoms with Crippen LogP contribution < -0.4 is 15.2 Å². The van der Waals surface area contributed by atoms with Gasteiger partial charge in [0.05, 0.1) is 5.56 Å². The van der Waals surface area contributed by atoms with Gasteiger partial charge in [0, 0.05) is 30.1 Å². The van der Waals surface area contributed by atoms with Crippen molar-refractivity contribution in [3.8, 4) is 22.6 Å². The molecule has 1 aliphatic rings. The maximum Gasteiger partial charge on any atom is 0.251 e. The Morgan fingerprint density at radius 1 is 1.28 bits per heavy atom. The van der Waals surface area contributed by atoms with E-state index in [1.165, 1.54) is 0 Å². The lowest BCUT2D eigenvalue weighted by Gasteiger charge is -2.19. The molecular weight excluding hydrogens is 320 g/mol. The van der Waals surface area contributed by atoms with E-state index >= 15 is 0 Å². The lowest BCUT2D eigenvalue weighted by Crippen LogP contribution is -2.15. The second-order valence-corrected chi connectivity index (χ2v) is 6.09. The third-order valence-corrected chi connectivity index (χ3v) is 4.58. The SMILES string of the molecule is CCc1c(-c2ccc3c(c2)OCCO3)c(C(N)=O)c(C)n1CCCO. The largest absolute Gasteiger partial charge is 0.486 e. The van der Waals surface area contributed by atoms with Crippen LogP contribution >= 0.6 is 0 Å². The fourth-order valence-electron chi connectivity index (χ4n) is 3.51. The molecule has 0 atom stereocenters. The van der Waals surface area contributed by atoms with Crippen molar-refractivity contribution in [2.45, 2.75) is 33.2 Å². The van der Waals surface area contributed by atoms with Crippen molar-refractivity contribution in [3.05, 3.63) is 35.2 Å². The topological polar surface area (TPSA) is 86.7 Å². The maximum absolute atomic E-state index is 12.2. The number of aliphatic hydroxyl groups is 1. The molecule has 0 radical (unpaired) electrons. The molecule has 6 heteroatoms. The number of aromatic nitrogens is 1. The first-order valence-electron chi connectivity index (χ1n) is 8.61. The number of hydrogen-bond acceptors (Lipinski definition) is 4. The van der Waals surface area contributed by atoms with Crippen molar-refractivity contribution in [2.75, 3.05) is 19.8 Å². The number of ether oxygens (including phenoxy) is 2. The summed E-state index contributed by atoms with van der Waals surface area (Å²) in [5, 5.41) is 9.18. The second-order valence-electron chi connectivity index (χ2n) is 6.09. The Labute approximate surface area is 147 Å². The minimum absolute atomic E-state index is 0.103. The summed E-state index contributed by atoms with van der Waals surface area (Å²) < 4.78 is 13.3. The average molecular weight is 344 g/mol. The lowest BCUT2D eigenvalue weighted by atomic mass is 9.98. The van der Waals surface area contributed by atoms with Gasteiger partial charge in [0.2, 0.25) is 0 Å². The fourth-order valence-corrected chi connectivity index (χ4v) is 3.51. The highest BCUT2D eigenvalue weighted by atomic mass is 16.6. The number of nitrogens with zero attached hydrogens (tertiary/aromatic N) is 1. The van der Waals surface area contributed by atoms with Crippen molar-refractivity contribution >= 4 is 5.91 Å². The number of primary amides is 1. The number of nitrogens with two attached hydrogens (primary N) is 1. The Kier molecular flexibility index (Phi) is 4.99. The zero-order valence-electron chi connectivity index (χ0n) is 14.7. The first-order valence-corrected chi connectivity index (χ1v) is 8.61. The molecule has 0 saturated carbocycles. The molecule has 2 heterocycles. The number of carbonyl (C=O) groups is 1. The van der Waals surface area contributed by atoms with Crippen molar-refractivity contribution in [2.24, 2.45) is 5.73 Å².